The maximum absolute atomic E-state index is 10.8. The summed E-state index contributed by atoms with van der Waals surface area (Å²) in [5.41, 5.74) is 1.86. The number of rotatable bonds is 1. The number of carbonyl (C=O) groups is 1. The average Bonchev–Trinajstić information content (AvgIpc) is 2.17. The van der Waals surface area contributed by atoms with E-state index in [4.69, 9.17) is 11.7 Å². The highest BCUT2D eigenvalue weighted by Gasteiger charge is 2.09. The van der Waals surface area contributed by atoms with Crippen LogP contribution in [-0.4, -0.2) is 16.0 Å². The molecule has 64 valence electrons. The predicted octanol–water partition coefficient (Wildman–Crippen LogP) is -1.26. The second-order valence-electron chi connectivity index (χ2n) is 1.88. The van der Waals surface area contributed by atoms with Gasteiger partial charge >= 0.3 is 6.03 Å². The number of hydrogen-bond acceptors (Lipinski definition) is 5. The first-order chi connectivity index (χ1) is 5.75. The van der Waals surface area contributed by atoms with Gasteiger partial charge in [0.25, 0.3) is 0 Å². The first-order valence-electron chi connectivity index (χ1n) is 3.07. The predicted molar refractivity (Wildman–Crippen MR) is 41.4 cm³/mol. The smallest absolute Gasteiger partial charge is 0.274 e. The number of nitrogens with one attached hydrogen (secondary N) is 1. The highest BCUT2D eigenvalue weighted by Crippen LogP contribution is 2.01. The van der Waals surface area contributed by atoms with Gasteiger partial charge in [-0.2, -0.15) is 0 Å². The Hall–Kier alpha value is -1.73. The Bertz CT molecular complexity index is 262. The van der Waals surface area contributed by atoms with Crippen molar-refractivity contribution in [2.75, 3.05) is 5.01 Å². The molecule has 1 rings (SSSR count). The van der Waals surface area contributed by atoms with E-state index in [1.807, 2.05) is 5.43 Å². The third-order valence-electron chi connectivity index (χ3n) is 1.14. The largest absolute Gasteiger partial charge is 0.351 e. The van der Waals surface area contributed by atoms with Crippen LogP contribution >= 0.6 is 0 Å². The van der Waals surface area contributed by atoms with Crippen LogP contribution in [0.1, 0.15) is 0 Å². The maximum Gasteiger partial charge on any atom is 0.351 e. The molecule has 7 heteroatoms. The quantitative estimate of drug-likeness (QED) is 0.275. The highest BCUT2D eigenvalue weighted by atomic mass is 16.2. The molecule has 1 heterocycles. The Kier molecular flexibility index (Phi) is 2.51. The summed E-state index contributed by atoms with van der Waals surface area (Å²) in [5, 5.41) is 0.757. The number of hydrogen-bond donors (Lipinski definition) is 3. The van der Waals surface area contributed by atoms with Gasteiger partial charge in [-0.1, -0.05) is 0 Å². The molecule has 0 aliphatic heterocycles. The van der Waals surface area contributed by atoms with E-state index in [0.29, 0.717) is 0 Å². The number of nitrogens with two attached hydrogens (primary N) is 2. The molecule has 0 fully saturated rings. The zero-order chi connectivity index (χ0) is 8.97. The second-order valence-corrected chi connectivity index (χ2v) is 1.88. The molecule has 0 aliphatic rings. The number of amides is 2. The molecular weight excluding hydrogens is 160 g/mol. The summed E-state index contributed by atoms with van der Waals surface area (Å²) in [6.45, 7) is 0. The van der Waals surface area contributed by atoms with E-state index in [0.717, 1.165) is 5.01 Å². The lowest BCUT2D eigenvalue weighted by Crippen LogP contribution is -2.48. The van der Waals surface area contributed by atoms with Gasteiger partial charge in [0.1, 0.15) is 0 Å². The van der Waals surface area contributed by atoms with Gasteiger partial charge in [0.15, 0.2) is 5.82 Å². The fourth-order valence-electron chi connectivity index (χ4n) is 0.589. The van der Waals surface area contributed by atoms with Gasteiger partial charge in [0.2, 0.25) is 0 Å². The van der Waals surface area contributed by atoms with Crippen LogP contribution in [0.4, 0.5) is 10.6 Å². The molecular formula is C5H8N6O. The molecule has 1 aromatic heterocycles. The summed E-state index contributed by atoms with van der Waals surface area (Å²) >= 11 is 0. The van der Waals surface area contributed by atoms with E-state index in [9.17, 15) is 4.79 Å². The van der Waals surface area contributed by atoms with Crippen molar-refractivity contribution >= 4 is 11.8 Å². The zero-order valence-electron chi connectivity index (χ0n) is 6.14. The summed E-state index contributed by atoms with van der Waals surface area (Å²) < 4.78 is 0. The minimum atomic E-state index is -0.657. The highest BCUT2D eigenvalue weighted by molar-refractivity contribution is 5.88. The standard InChI is InChI=1S/C5H8N6O/c6-10-5(12)11(7)4-3-8-1-2-9-4/h1-3H,6-7H2,(H,10,12). The normalized spacial score (nSPS) is 9.17. The number of hydrazine groups is 2. The van der Waals surface area contributed by atoms with Crippen LogP contribution in [-0.2, 0) is 0 Å². The maximum atomic E-state index is 10.8. The fourth-order valence-corrected chi connectivity index (χ4v) is 0.589. The summed E-state index contributed by atoms with van der Waals surface area (Å²) in [4.78, 5) is 18.3. The van der Waals surface area contributed by atoms with E-state index < -0.39 is 6.03 Å². The van der Waals surface area contributed by atoms with Crippen molar-refractivity contribution in [2.45, 2.75) is 0 Å². The lowest BCUT2D eigenvalue weighted by atomic mass is 10.6. The van der Waals surface area contributed by atoms with E-state index in [1.54, 1.807) is 0 Å². The summed E-state index contributed by atoms with van der Waals surface area (Å²) in [6.07, 6.45) is 4.23. The molecule has 0 aromatic carbocycles. The monoisotopic (exact) mass is 168 g/mol. The zero-order valence-corrected chi connectivity index (χ0v) is 6.14. The van der Waals surface area contributed by atoms with Gasteiger partial charge in [0, 0.05) is 12.4 Å². The van der Waals surface area contributed by atoms with Gasteiger partial charge < -0.3 is 0 Å². The van der Waals surface area contributed by atoms with Crippen LogP contribution in [0.3, 0.4) is 0 Å². The third-order valence-corrected chi connectivity index (χ3v) is 1.14. The van der Waals surface area contributed by atoms with E-state index in [2.05, 4.69) is 9.97 Å². The van der Waals surface area contributed by atoms with Crippen LogP contribution < -0.4 is 22.1 Å². The number of aromatic nitrogens is 2. The van der Waals surface area contributed by atoms with E-state index >= 15 is 0 Å². The second kappa shape index (κ2) is 3.60. The summed E-state index contributed by atoms with van der Waals surface area (Å²) in [5.74, 6) is 10.4. The lowest BCUT2D eigenvalue weighted by molar-refractivity contribution is 0.246. The minimum absolute atomic E-state index is 0.223. The van der Waals surface area contributed by atoms with Gasteiger partial charge in [0.05, 0.1) is 6.20 Å². The fraction of sp³-hybridized carbons (Fsp3) is 0. The number of nitrogens with zero attached hydrogens (tertiary/aromatic N) is 3. The van der Waals surface area contributed by atoms with Gasteiger partial charge in [-0.05, 0) is 0 Å². The molecule has 2 amide bonds. The lowest BCUT2D eigenvalue weighted by Gasteiger charge is -2.12. The van der Waals surface area contributed by atoms with Crippen LogP contribution in [0, 0.1) is 0 Å². The number of urea groups is 1. The molecule has 5 N–H and O–H groups in total. The third kappa shape index (κ3) is 1.65. The Balaban J connectivity index is 2.78. The van der Waals surface area contributed by atoms with Crippen LogP contribution in [0.5, 0.6) is 0 Å². The summed E-state index contributed by atoms with van der Waals surface area (Å²) in [7, 11) is 0. The van der Waals surface area contributed by atoms with Gasteiger partial charge in [-0.25, -0.2) is 26.5 Å². The van der Waals surface area contributed by atoms with Gasteiger partial charge in [-0.15, -0.1) is 0 Å². The molecule has 0 spiro atoms. The van der Waals surface area contributed by atoms with Crippen LogP contribution in [0.25, 0.3) is 0 Å². The molecule has 0 aliphatic carbocycles. The van der Waals surface area contributed by atoms with Gasteiger partial charge in [-0.3, -0.25) is 10.4 Å². The molecule has 0 atom stereocenters. The number of anilines is 1. The first-order valence-corrected chi connectivity index (χ1v) is 3.07. The first kappa shape index (κ1) is 8.37. The Morgan fingerprint density at radius 3 is 2.83 bits per heavy atom. The topological polar surface area (TPSA) is 110 Å². The van der Waals surface area contributed by atoms with E-state index in [1.165, 1.54) is 18.6 Å². The Morgan fingerprint density at radius 2 is 2.33 bits per heavy atom. The van der Waals surface area contributed by atoms with E-state index in [-0.39, 0.29) is 5.82 Å². The molecule has 1 aromatic rings. The summed E-state index contributed by atoms with van der Waals surface area (Å²) in [6, 6.07) is -0.657. The molecule has 0 bridgehead atoms. The molecule has 7 nitrogen and oxygen atoms in total. The van der Waals surface area contributed by atoms with Crippen molar-refractivity contribution < 1.29 is 4.79 Å². The van der Waals surface area contributed by atoms with Crippen LogP contribution in [0.15, 0.2) is 18.6 Å². The SMILES string of the molecule is NNC(=O)N(N)c1cnccn1. The molecule has 0 radical (unpaired) electrons. The minimum Gasteiger partial charge on any atom is -0.274 e. The van der Waals surface area contributed by atoms with Crippen molar-refractivity contribution in [3.05, 3.63) is 18.6 Å². The average molecular weight is 168 g/mol. The van der Waals surface area contributed by atoms with Crippen LogP contribution in [0.2, 0.25) is 0 Å². The van der Waals surface area contributed by atoms with Crippen molar-refractivity contribution in [2.24, 2.45) is 11.7 Å². The Labute approximate surface area is 68.3 Å². The van der Waals surface area contributed by atoms with Crippen molar-refractivity contribution in [3.8, 4) is 0 Å². The molecule has 0 saturated heterocycles. The number of carbonyl (C=O) groups excluding carboxylic acids is 1. The Morgan fingerprint density at radius 1 is 1.58 bits per heavy atom. The molecule has 0 unspecified atom stereocenters. The van der Waals surface area contributed by atoms with Crippen molar-refractivity contribution in [3.63, 3.8) is 0 Å². The molecule has 12 heavy (non-hydrogen) atoms. The van der Waals surface area contributed by atoms with Crippen molar-refractivity contribution in [1.29, 1.82) is 0 Å². The van der Waals surface area contributed by atoms with Crippen molar-refractivity contribution in [1.82, 2.24) is 15.4 Å². The molecule has 0 saturated carbocycles.